The Kier molecular flexibility index (Phi) is 1.62. The molecule has 2 aromatic heterocycles. The molecule has 0 aliphatic carbocycles. The predicted octanol–water partition coefficient (Wildman–Crippen LogP) is 2.75. The lowest BCUT2D eigenvalue weighted by molar-refractivity contribution is 1.07. The Bertz CT molecular complexity index is 360. The second kappa shape index (κ2) is 2.50. The van der Waals surface area contributed by atoms with Gasteiger partial charge < -0.3 is 0 Å². The minimum atomic E-state index is 0.735. The molecule has 56 valence electrons. The fourth-order valence-corrected chi connectivity index (χ4v) is 1.87. The third-order valence-corrected chi connectivity index (χ3v) is 2.39. The third-order valence-electron chi connectivity index (χ3n) is 1.48. The topological polar surface area (TPSA) is 17.3 Å². The van der Waals surface area contributed by atoms with Gasteiger partial charge in [0.2, 0.25) is 0 Å². The van der Waals surface area contributed by atoms with Crippen molar-refractivity contribution in [3.05, 3.63) is 34.3 Å². The van der Waals surface area contributed by atoms with Crippen molar-refractivity contribution in [1.82, 2.24) is 9.38 Å². The highest BCUT2D eigenvalue weighted by Crippen LogP contribution is 2.24. The first kappa shape index (κ1) is 7.13. The molecule has 2 aromatic rings. The van der Waals surface area contributed by atoms with Crippen molar-refractivity contribution in [1.29, 1.82) is 0 Å². The van der Waals surface area contributed by atoms with E-state index in [1.165, 1.54) is 0 Å². The molecule has 0 unspecified atom stereocenters. The second-order valence-corrected chi connectivity index (χ2v) is 3.37. The Morgan fingerprint density at radius 3 is 3.09 bits per heavy atom. The quantitative estimate of drug-likeness (QED) is 0.681. The van der Waals surface area contributed by atoms with Crippen molar-refractivity contribution in [2.75, 3.05) is 0 Å². The van der Waals surface area contributed by atoms with Gasteiger partial charge in [0.25, 0.3) is 0 Å². The molecule has 0 bridgehead atoms. The zero-order valence-electron chi connectivity index (χ0n) is 5.46. The largest absolute Gasteiger partial charge is 0.293 e. The van der Waals surface area contributed by atoms with Gasteiger partial charge >= 0.3 is 0 Å². The summed E-state index contributed by atoms with van der Waals surface area (Å²) in [6, 6.07) is 3.71. The number of hydrogen-bond acceptors (Lipinski definition) is 1. The van der Waals surface area contributed by atoms with Gasteiger partial charge in [-0.05, 0) is 28.1 Å². The van der Waals surface area contributed by atoms with Gasteiger partial charge in [-0.3, -0.25) is 4.40 Å². The van der Waals surface area contributed by atoms with Crippen LogP contribution >= 0.6 is 27.5 Å². The molecule has 4 heteroatoms. The lowest BCUT2D eigenvalue weighted by Crippen LogP contribution is -1.83. The van der Waals surface area contributed by atoms with E-state index < -0.39 is 0 Å². The molecular formula is C7H4BrClN2. The van der Waals surface area contributed by atoms with Crippen LogP contribution in [0.25, 0.3) is 5.52 Å². The number of rotatable bonds is 0. The summed E-state index contributed by atoms with van der Waals surface area (Å²) in [6.07, 6.45) is 3.43. The van der Waals surface area contributed by atoms with Crippen LogP contribution in [0.15, 0.2) is 29.3 Å². The van der Waals surface area contributed by atoms with E-state index in [1.807, 2.05) is 16.5 Å². The first-order valence-electron chi connectivity index (χ1n) is 3.05. The molecule has 0 N–H and O–H groups in total. The summed E-state index contributed by atoms with van der Waals surface area (Å²) in [7, 11) is 0. The lowest BCUT2D eigenvalue weighted by atomic mass is 10.5. The van der Waals surface area contributed by atoms with Crippen molar-refractivity contribution in [3.63, 3.8) is 0 Å². The summed E-state index contributed by atoms with van der Waals surface area (Å²) in [6.45, 7) is 0. The average Bonchev–Trinajstić information content (AvgIpc) is 2.30. The summed E-state index contributed by atoms with van der Waals surface area (Å²) >= 11 is 9.26. The molecule has 0 aliphatic rings. The Morgan fingerprint density at radius 2 is 2.36 bits per heavy atom. The molecule has 11 heavy (non-hydrogen) atoms. The Labute approximate surface area is 76.9 Å². The Hall–Kier alpha value is -0.540. The molecule has 0 atom stereocenters. The van der Waals surface area contributed by atoms with Gasteiger partial charge in [0.1, 0.15) is 0 Å². The number of nitrogens with zero attached hydrogens (tertiary/aromatic N) is 2. The maximum absolute atomic E-state index is 5.90. The molecule has 2 heterocycles. The summed E-state index contributed by atoms with van der Waals surface area (Å²) in [5, 5.41) is 0.735. The molecule has 0 saturated heterocycles. The van der Waals surface area contributed by atoms with Crippen LogP contribution in [0.2, 0.25) is 5.02 Å². The van der Waals surface area contributed by atoms with Crippen LogP contribution in [-0.4, -0.2) is 9.38 Å². The monoisotopic (exact) mass is 230 g/mol. The van der Waals surface area contributed by atoms with Gasteiger partial charge in [-0.1, -0.05) is 11.6 Å². The molecule has 2 nitrogen and oxygen atoms in total. The van der Waals surface area contributed by atoms with E-state index in [0.717, 1.165) is 15.1 Å². The maximum atomic E-state index is 5.90. The molecule has 0 spiro atoms. The first-order valence-corrected chi connectivity index (χ1v) is 4.22. The molecule has 0 amide bonds. The van der Waals surface area contributed by atoms with Gasteiger partial charge in [0.05, 0.1) is 21.5 Å². The first-order chi connectivity index (χ1) is 5.29. The third kappa shape index (κ3) is 1.04. The average molecular weight is 231 g/mol. The van der Waals surface area contributed by atoms with Crippen molar-refractivity contribution >= 4 is 33.0 Å². The standard InChI is InChI=1S/C7H4BrClN2/c8-7-3-5(9)6-1-2-10-4-11(6)7/h1-4H. The van der Waals surface area contributed by atoms with Gasteiger partial charge in [-0.2, -0.15) is 0 Å². The highest BCUT2D eigenvalue weighted by atomic mass is 79.9. The predicted molar refractivity (Wildman–Crippen MR) is 47.9 cm³/mol. The van der Waals surface area contributed by atoms with Crippen molar-refractivity contribution in [2.45, 2.75) is 0 Å². The fourth-order valence-electron chi connectivity index (χ4n) is 0.974. The zero-order valence-corrected chi connectivity index (χ0v) is 7.80. The minimum absolute atomic E-state index is 0.735. The fraction of sp³-hybridized carbons (Fsp3) is 0. The van der Waals surface area contributed by atoms with Gasteiger partial charge in [-0.15, -0.1) is 0 Å². The minimum Gasteiger partial charge on any atom is -0.293 e. The van der Waals surface area contributed by atoms with Crippen LogP contribution < -0.4 is 0 Å². The summed E-state index contributed by atoms with van der Waals surface area (Å²) in [4.78, 5) is 3.96. The van der Waals surface area contributed by atoms with E-state index >= 15 is 0 Å². The van der Waals surface area contributed by atoms with E-state index in [0.29, 0.717) is 0 Å². The van der Waals surface area contributed by atoms with Gasteiger partial charge in [0, 0.05) is 6.20 Å². The highest BCUT2D eigenvalue weighted by Gasteiger charge is 2.02. The molecule has 0 radical (unpaired) electrons. The van der Waals surface area contributed by atoms with Crippen LogP contribution in [0.5, 0.6) is 0 Å². The maximum Gasteiger partial charge on any atom is 0.1000 e. The normalized spacial score (nSPS) is 10.7. The molecule has 0 saturated carbocycles. The van der Waals surface area contributed by atoms with Crippen molar-refractivity contribution in [2.24, 2.45) is 0 Å². The summed E-state index contributed by atoms with van der Waals surface area (Å²) < 4.78 is 2.80. The zero-order chi connectivity index (χ0) is 7.84. The number of fused-ring (bicyclic) bond motifs is 1. The van der Waals surface area contributed by atoms with E-state index in [4.69, 9.17) is 11.6 Å². The van der Waals surface area contributed by atoms with Crippen molar-refractivity contribution in [3.8, 4) is 0 Å². The number of hydrogen-bond donors (Lipinski definition) is 0. The second-order valence-electron chi connectivity index (χ2n) is 2.15. The SMILES string of the molecule is Clc1cc(Br)n2cnccc12. The van der Waals surface area contributed by atoms with Crippen LogP contribution in [0.1, 0.15) is 0 Å². The van der Waals surface area contributed by atoms with E-state index in [-0.39, 0.29) is 0 Å². The Morgan fingerprint density at radius 1 is 1.55 bits per heavy atom. The van der Waals surface area contributed by atoms with Crippen molar-refractivity contribution < 1.29 is 0 Å². The van der Waals surface area contributed by atoms with Crippen LogP contribution in [-0.2, 0) is 0 Å². The smallest absolute Gasteiger partial charge is 0.1000 e. The molecule has 0 fully saturated rings. The molecule has 2 rings (SSSR count). The van der Waals surface area contributed by atoms with E-state index in [1.54, 1.807) is 12.5 Å². The van der Waals surface area contributed by atoms with E-state index in [9.17, 15) is 0 Å². The summed E-state index contributed by atoms with van der Waals surface area (Å²) in [5.41, 5.74) is 0.966. The van der Waals surface area contributed by atoms with E-state index in [2.05, 4.69) is 20.9 Å². The number of halogens is 2. The molecular weight excluding hydrogens is 227 g/mol. The van der Waals surface area contributed by atoms with Gasteiger partial charge in [0.15, 0.2) is 0 Å². The van der Waals surface area contributed by atoms with Crippen LogP contribution in [0, 0.1) is 0 Å². The summed E-state index contributed by atoms with van der Waals surface area (Å²) in [5.74, 6) is 0. The molecule has 0 aromatic carbocycles. The Balaban J connectivity index is 2.95. The highest BCUT2D eigenvalue weighted by molar-refractivity contribution is 9.10. The van der Waals surface area contributed by atoms with Crippen LogP contribution in [0.3, 0.4) is 0 Å². The van der Waals surface area contributed by atoms with Crippen LogP contribution in [0.4, 0.5) is 0 Å². The lowest BCUT2D eigenvalue weighted by Gasteiger charge is -1.92. The molecule has 0 aliphatic heterocycles. The number of aromatic nitrogens is 2. The van der Waals surface area contributed by atoms with Gasteiger partial charge in [-0.25, -0.2) is 4.98 Å².